The molecular weight excluding hydrogens is 357 g/mol. The second-order valence-electron chi connectivity index (χ2n) is 7.36. The van der Waals surface area contributed by atoms with Crippen LogP contribution in [0.2, 0.25) is 0 Å². The van der Waals surface area contributed by atoms with Gasteiger partial charge in [-0.1, -0.05) is 24.3 Å². The molecule has 1 heterocycles. The summed E-state index contributed by atoms with van der Waals surface area (Å²) in [5, 5.41) is 3.18. The molecule has 1 aliphatic rings. The maximum Gasteiger partial charge on any atom is 0.318 e. The van der Waals surface area contributed by atoms with Crippen molar-refractivity contribution in [2.45, 2.75) is 32.0 Å². The van der Waals surface area contributed by atoms with Crippen LogP contribution in [0.3, 0.4) is 0 Å². The smallest absolute Gasteiger partial charge is 0.318 e. The van der Waals surface area contributed by atoms with Gasteiger partial charge in [-0.3, -0.25) is 0 Å². The Morgan fingerprint density at radius 3 is 2.14 bits per heavy atom. The minimum atomic E-state index is -0.277. The molecule has 0 spiro atoms. The van der Waals surface area contributed by atoms with Crippen LogP contribution in [0.5, 0.6) is 5.75 Å². The Morgan fingerprint density at radius 1 is 1.07 bits per heavy atom. The molecule has 2 aromatic carbocycles. The lowest BCUT2D eigenvalue weighted by atomic mass is 10.1. The van der Waals surface area contributed by atoms with Gasteiger partial charge in [-0.25, -0.2) is 9.18 Å². The Balaban J connectivity index is 1.70. The van der Waals surface area contributed by atoms with E-state index in [4.69, 9.17) is 4.74 Å². The van der Waals surface area contributed by atoms with Crippen LogP contribution in [0.4, 0.5) is 9.18 Å². The minimum Gasteiger partial charge on any atom is -0.497 e. The monoisotopic (exact) mass is 385 g/mol. The fourth-order valence-corrected chi connectivity index (χ4v) is 3.38. The van der Waals surface area contributed by atoms with Crippen LogP contribution in [-0.2, 0) is 13.1 Å². The Labute approximate surface area is 166 Å². The van der Waals surface area contributed by atoms with Gasteiger partial charge in [-0.2, -0.15) is 0 Å². The Hall–Kier alpha value is -2.60. The number of nitrogens with one attached hydrogen (secondary N) is 1. The van der Waals surface area contributed by atoms with Crippen LogP contribution < -0.4 is 10.1 Å². The van der Waals surface area contributed by atoms with Crippen LogP contribution in [0.15, 0.2) is 48.5 Å². The van der Waals surface area contributed by atoms with Gasteiger partial charge in [0, 0.05) is 19.1 Å². The van der Waals surface area contributed by atoms with E-state index in [1.165, 1.54) is 12.1 Å². The van der Waals surface area contributed by atoms with Crippen LogP contribution in [-0.4, -0.2) is 49.1 Å². The summed E-state index contributed by atoms with van der Waals surface area (Å²) < 4.78 is 18.4. The highest BCUT2D eigenvalue weighted by Gasteiger charge is 2.22. The number of hydrogen-bond donors (Lipinski definition) is 1. The number of halogens is 1. The zero-order chi connectivity index (χ0) is 19.9. The SMILES string of the molecule is COc1ccc(CN(Cc2ccc(F)cc2)C(=O)NC2CCN(C)CC2)cc1. The number of benzene rings is 2. The van der Waals surface area contributed by atoms with E-state index in [-0.39, 0.29) is 17.9 Å². The summed E-state index contributed by atoms with van der Waals surface area (Å²) in [6.45, 7) is 2.87. The molecule has 3 rings (SSSR count). The summed E-state index contributed by atoms with van der Waals surface area (Å²) in [7, 11) is 3.73. The zero-order valence-corrected chi connectivity index (χ0v) is 16.5. The maximum atomic E-state index is 13.2. The molecule has 2 aromatic rings. The van der Waals surface area contributed by atoms with E-state index < -0.39 is 0 Å². The van der Waals surface area contributed by atoms with Crippen LogP contribution in [0.1, 0.15) is 24.0 Å². The number of urea groups is 1. The summed E-state index contributed by atoms with van der Waals surface area (Å²) in [6.07, 6.45) is 1.91. The molecular formula is C22H28FN3O2. The third-order valence-corrected chi connectivity index (χ3v) is 5.15. The molecule has 0 aliphatic carbocycles. The predicted octanol–water partition coefficient (Wildman–Crippen LogP) is 3.64. The lowest BCUT2D eigenvalue weighted by molar-refractivity contribution is 0.176. The number of likely N-dealkylation sites (tertiary alicyclic amines) is 1. The molecule has 1 aliphatic heterocycles. The molecule has 0 bridgehead atoms. The van der Waals surface area contributed by atoms with Gasteiger partial charge in [-0.05, 0) is 68.4 Å². The molecule has 6 heteroatoms. The van der Waals surface area contributed by atoms with Gasteiger partial charge in [0.1, 0.15) is 11.6 Å². The minimum absolute atomic E-state index is 0.0882. The van der Waals surface area contributed by atoms with Crippen molar-refractivity contribution < 1.29 is 13.9 Å². The molecule has 1 fully saturated rings. The fraction of sp³-hybridized carbons (Fsp3) is 0.409. The topological polar surface area (TPSA) is 44.8 Å². The first-order chi connectivity index (χ1) is 13.5. The average Bonchev–Trinajstić information content (AvgIpc) is 2.71. The first kappa shape index (κ1) is 20.1. The van der Waals surface area contributed by atoms with Crippen molar-refractivity contribution in [2.75, 3.05) is 27.2 Å². The van der Waals surface area contributed by atoms with Crippen molar-refractivity contribution in [1.82, 2.24) is 15.1 Å². The third kappa shape index (κ3) is 5.70. The first-order valence-electron chi connectivity index (χ1n) is 9.65. The second kappa shape index (κ2) is 9.55. The van der Waals surface area contributed by atoms with Crippen molar-refractivity contribution in [1.29, 1.82) is 0 Å². The number of rotatable bonds is 6. The van der Waals surface area contributed by atoms with E-state index in [1.54, 1.807) is 24.1 Å². The number of carbonyl (C=O) groups is 1. The Morgan fingerprint density at radius 2 is 1.61 bits per heavy atom. The summed E-state index contributed by atoms with van der Waals surface area (Å²) in [5.41, 5.74) is 1.91. The fourth-order valence-electron chi connectivity index (χ4n) is 3.38. The Bertz CT molecular complexity index is 756. The van der Waals surface area contributed by atoms with Crippen molar-refractivity contribution in [2.24, 2.45) is 0 Å². The molecule has 1 saturated heterocycles. The molecule has 150 valence electrons. The van der Waals surface area contributed by atoms with Crippen molar-refractivity contribution in [3.8, 4) is 5.75 Å². The molecule has 0 atom stereocenters. The Kier molecular flexibility index (Phi) is 6.87. The van der Waals surface area contributed by atoms with Gasteiger partial charge in [-0.15, -0.1) is 0 Å². The van der Waals surface area contributed by atoms with Crippen LogP contribution in [0, 0.1) is 5.82 Å². The van der Waals surface area contributed by atoms with Crippen LogP contribution >= 0.6 is 0 Å². The lowest BCUT2D eigenvalue weighted by Gasteiger charge is -2.32. The van der Waals surface area contributed by atoms with Crippen LogP contribution in [0.25, 0.3) is 0 Å². The van der Waals surface area contributed by atoms with Gasteiger partial charge >= 0.3 is 6.03 Å². The normalized spacial score (nSPS) is 15.2. The van der Waals surface area contributed by atoms with E-state index in [0.717, 1.165) is 42.8 Å². The quantitative estimate of drug-likeness (QED) is 0.826. The van der Waals surface area contributed by atoms with E-state index in [9.17, 15) is 9.18 Å². The molecule has 2 amide bonds. The molecule has 0 aromatic heterocycles. The summed E-state index contributed by atoms with van der Waals surface area (Å²) >= 11 is 0. The highest BCUT2D eigenvalue weighted by atomic mass is 19.1. The average molecular weight is 385 g/mol. The number of hydrogen-bond acceptors (Lipinski definition) is 3. The first-order valence-corrected chi connectivity index (χ1v) is 9.65. The summed E-state index contributed by atoms with van der Waals surface area (Å²) in [6, 6.07) is 14.1. The lowest BCUT2D eigenvalue weighted by Crippen LogP contribution is -2.48. The number of nitrogens with zero attached hydrogens (tertiary/aromatic N) is 2. The standard InChI is InChI=1S/C22H28FN3O2/c1-25-13-11-20(12-14-25)24-22(27)26(15-17-3-7-19(23)8-4-17)16-18-5-9-21(28-2)10-6-18/h3-10,20H,11-16H2,1-2H3,(H,24,27). The number of piperidine rings is 1. The van der Waals surface area contributed by atoms with Crippen molar-refractivity contribution >= 4 is 6.03 Å². The van der Waals surface area contributed by atoms with Crippen molar-refractivity contribution in [3.63, 3.8) is 0 Å². The van der Waals surface area contributed by atoms with Crippen molar-refractivity contribution in [3.05, 3.63) is 65.5 Å². The molecule has 1 N–H and O–H groups in total. The maximum absolute atomic E-state index is 13.2. The largest absolute Gasteiger partial charge is 0.497 e. The number of methoxy groups -OCH3 is 1. The van der Waals surface area contributed by atoms with E-state index in [0.29, 0.717) is 13.1 Å². The zero-order valence-electron chi connectivity index (χ0n) is 16.5. The molecule has 28 heavy (non-hydrogen) atoms. The van der Waals surface area contributed by atoms with E-state index in [1.807, 2.05) is 24.3 Å². The second-order valence-corrected chi connectivity index (χ2v) is 7.36. The molecule has 0 saturated carbocycles. The van der Waals surface area contributed by atoms with Gasteiger partial charge in [0.05, 0.1) is 7.11 Å². The predicted molar refractivity (Wildman–Crippen MR) is 108 cm³/mol. The number of ether oxygens (including phenoxy) is 1. The van der Waals surface area contributed by atoms with Gasteiger partial charge < -0.3 is 19.9 Å². The van der Waals surface area contributed by atoms with Gasteiger partial charge in [0.25, 0.3) is 0 Å². The summed E-state index contributed by atoms with van der Waals surface area (Å²) in [4.78, 5) is 17.0. The molecule has 5 nitrogen and oxygen atoms in total. The summed E-state index contributed by atoms with van der Waals surface area (Å²) in [5.74, 6) is 0.505. The number of amides is 2. The highest BCUT2D eigenvalue weighted by Crippen LogP contribution is 2.16. The van der Waals surface area contributed by atoms with Gasteiger partial charge in [0.2, 0.25) is 0 Å². The van der Waals surface area contributed by atoms with E-state index in [2.05, 4.69) is 17.3 Å². The molecule has 0 radical (unpaired) electrons. The van der Waals surface area contributed by atoms with Gasteiger partial charge in [0.15, 0.2) is 0 Å². The number of carbonyl (C=O) groups excluding carboxylic acids is 1. The van der Waals surface area contributed by atoms with E-state index >= 15 is 0 Å². The third-order valence-electron chi connectivity index (χ3n) is 5.15. The highest BCUT2D eigenvalue weighted by molar-refractivity contribution is 5.74. The molecule has 0 unspecified atom stereocenters.